The Hall–Kier alpha value is -1.10. The summed E-state index contributed by atoms with van der Waals surface area (Å²) in [6.07, 6.45) is 3.02. The number of nitrogens with one attached hydrogen (secondary N) is 2. The minimum atomic E-state index is 0.0548. The van der Waals surface area contributed by atoms with Gasteiger partial charge in [-0.25, -0.2) is 0 Å². The lowest BCUT2D eigenvalue weighted by molar-refractivity contribution is -0.124. The highest BCUT2D eigenvalue weighted by Gasteiger charge is 2.27. The van der Waals surface area contributed by atoms with Crippen molar-refractivity contribution in [3.8, 4) is 0 Å². The summed E-state index contributed by atoms with van der Waals surface area (Å²) in [6.45, 7) is 0.458. The molecular weight excluding hydrogens is 180 g/mol. The summed E-state index contributed by atoms with van der Waals surface area (Å²) in [7, 11) is 0. The van der Waals surface area contributed by atoms with E-state index in [4.69, 9.17) is 16.9 Å². The van der Waals surface area contributed by atoms with Crippen molar-refractivity contribution in [2.45, 2.75) is 31.7 Å². The van der Waals surface area contributed by atoms with Crippen LogP contribution in [0.5, 0.6) is 0 Å². The highest BCUT2D eigenvalue weighted by Crippen LogP contribution is 2.23. The van der Waals surface area contributed by atoms with E-state index < -0.39 is 0 Å². The summed E-state index contributed by atoms with van der Waals surface area (Å²) in [4.78, 5) is 11.5. The lowest BCUT2D eigenvalue weighted by Gasteiger charge is -2.09. The van der Waals surface area contributed by atoms with E-state index >= 15 is 0 Å². The SMILES string of the molecule is N=C(N)CCNC(=O)[C@H]1CC[C@@H](N)C1. The Bertz CT molecular complexity index is 229. The van der Waals surface area contributed by atoms with E-state index in [0.29, 0.717) is 13.0 Å². The summed E-state index contributed by atoms with van der Waals surface area (Å²) in [5.74, 6) is 0.226. The van der Waals surface area contributed by atoms with Gasteiger partial charge >= 0.3 is 0 Å². The summed E-state index contributed by atoms with van der Waals surface area (Å²) >= 11 is 0. The van der Waals surface area contributed by atoms with Gasteiger partial charge in [0.15, 0.2) is 0 Å². The average molecular weight is 198 g/mol. The predicted molar refractivity (Wildman–Crippen MR) is 54.9 cm³/mol. The molecule has 1 aliphatic rings. The average Bonchev–Trinajstić information content (AvgIpc) is 2.51. The molecule has 0 unspecified atom stereocenters. The summed E-state index contributed by atoms with van der Waals surface area (Å²) < 4.78 is 0. The molecule has 1 rings (SSSR count). The second-order valence-electron chi connectivity index (χ2n) is 3.84. The molecule has 0 aromatic carbocycles. The number of carbonyl (C=O) groups is 1. The Kier molecular flexibility index (Phi) is 3.88. The molecule has 1 amide bonds. The van der Waals surface area contributed by atoms with Crippen LogP contribution in [0.2, 0.25) is 0 Å². The van der Waals surface area contributed by atoms with Crippen molar-refractivity contribution in [2.24, 2.45) is 17.4 Å². The van der Waals surface area contributed by atoms with Gasteiger partial charge in [0.05, 0.1) is 5.84 Å². The van der Waals surface area contributed by atoms with Gasteiger partial charge in [-0.15, -0.1) is 0 Å². The minimum absolute atomic E-state index is 0.0548. The summed E-state index contributed by atoms with van der Waals surface area (Å²) in [6, 6.07) is 0.179. The van der Waals surface area contributed by atoms with Crippen molar-refractivity contribution < 1.29 is 4.79 Å². The van der Waals surface area contributed by atoms with Gasteiger partial charge in [0.25, 0.3) is 0 Å². The molecule has 0 aliphatic heterocycles. The molecule has 80 valence electrons. The number of hydrogen-bond acceptors (Lipinski definition) is 3. The second kappa shape index (κ2) is 4.95. The van der Waals surface area contributed by atoms with Crippen molar-refractivity contribution in [3.05, 3.63) is 0 Å². The third-order valence-corrected chi connectivity index (χ3v) is 2.54. The fraction of sp³-hybridized carbons (Fsp3) is 0.778. The molecule has 6 N–H and O–H groups in total. The zero-order valence-electron chi connectivity index (χ0n) is 8.25. The number of amides is 1. The van der Waals surface area contributed by atoms with Crippen molar-refractivity contribution in [2.75, 3.05) is 6.54 Å². The van der Waals surface area contributed by atoms with Crippen LogP contribution in [0.4, 0.5) is 0 Å². The normalized spacial score (nSPS) is 26.1. The van der Waals surface area contributed by atoms with Gasteiger partial charge in [0.2, 0.25) is 5.91 Å². The molecule has 5 heteroatoms. The van der Waals surface area contributed by atoms with Gasteiger partial charge in [0, 0.05) is 24.9 Å². The van der Waals surface area contributed by atoms with Gasteiger partial charge in [-0.1, -0.05) is 0 Å². The van der Waals surface area contributed by atoms with Gasteiger partial charge in [0.1, 0.15) is 0 Å². The number of amidine groups is 1. The Labute approximate surface area is 83.7 Å². The molecule has 0 bridgehead atoms. The van der Waals surface area contributed by atoms with E-state index in [2.05, 4.69) is 5.32 Å². The van der Waals surface area contributed by atoms with Crippen molar-refractivity contribution in [1.29, 1.82) is 5.41 Å². The number of rotatable bonds is 4. The van der Waals surface area contributed by atoms with E-state index in [0.717, 1.165) is 19.3 Å². The molecule has 0 aromatic rings. The quantitative estimate of drug-likeness (QED) is 0.363. The monoisotopic (exact) mass is 198 g/mol. The lowest BCUT2D eigenvalue weighted by atomic mass is 10.1. The van der Waals surface area contributed by atoms with Crippen LogP contribution in [0.1, 0.15) is 25.7 Å². The maximum Gasteiger partial charge on any atom is 0.223 e. The Morgan fingerprint density at radius 3 is 2.71 bits per heavy atom. The maximum atomic E-state index is 11.5. The van der Waals surface area contributed by atoms with E-state index in [1.165, 1.54) is 0 Å². The van der Waals surface area contributed by atoms with Crippen LogP contribution in [0.3, 0.4) is 0 Å². The largest absolute Gasteiger partial charge is 0.388 e. The molecular formula is C9H18N4O. The number of carbonyl (C=O) groups excluding carboxylic acids is 1. The van der Waals surface area contributed by atoms with Crippen LogP contribution in [-0.4, -0.2) is 24.3 Å². The summed E-state index contributed by atoms with van der Waals surface area (Å²) in [5, 5.41) is 9.75. The highest BCUT2D eigenvalue weighted by molar-refractivity contribution is 5.81. The smallest absolute Gasteiger partial charge is 0.223 e. The van der Waals surface area contributed by atoms with Crippen LogP contribution in [0, 0.1) is 11.3 Å². The molecule has 0 spiro atoms. The Balaban J connectivity index is 2.18. The molecule has 5 nitrogen and oxygen atoms in total. The predicted octanol–water partition coefficient (Wildman–Crippen LogP) is -0.444. The van der Waals surface area contributed by atoms with Crippen LogP contribution in [-0.2, 0) is 4.79 Å². The summed E-state index contributed by atoms with van der Waals surface area (Å²) in [5.41, 5.74) is 10.9. The fourth-order valence-electron chi connectivity index (χ4n) is 1.72. The second-order valence-corrected chi connectivity index (χ2v) is 3.84. The molecule has 2 atom stereocenters. The van der Waals surface area contributed by atoms with Crippen LogP contribution >= 0.6 is 0 Å². The lowest BCUT2D eigenvalue weighted by Crippen LogP contribution is -2.32. The van der Waals surface area contributed by atoms with Gasteiger partial charge < -0.3 is 16.8 Å². The fourth-order valence-corrected chi connectivity index (χ4v) is 1.72. The number of hydrogen-bond donors (Lipinski definition) is 4. The molecule has 1 saturated carbocycles. The third kappa shape index (κ3) is 3.33. The van der Waals surface area contributed by atoms with Gasteiger partial charge in [-0.2, -0.15) is 0 Å². The van der Waals surface area contributed by atoms with E-state index in [1.54, 1.807) is 0 Å². The first-order chi connectivity index (χ1) is 6.59. The molecule has 14 heavy (non-hydrogen) atoms. The zero-order valence-corrected chi connectivity index (χ0v) is 8.25. The molecule has 0 aromatic heterocycles. The first-order valence-electron chi connectivity index (χ1n) is 4.95. The zero-order chi connectivity index (χ0) is 10.6. The molecule has 1 fully saturated rings. The topological polar surface area (TPSA) is 105 Å². The van der Waals surface area contributed by atoms with Crippen molar-refractivity contribution in [1.82, 2.24) is 5.32 Å². The molecule has 0 saturated heterocycles. The van der Waals surface area contributed by atoms with E-state index in [-0.39, 0.29) is 23.7 Å². The number of nitrogens with two attached hydrogens (primary N) is 2. The van der Waals surface area contributed by atoms with E-state index in [1.807, 2.05) is 0 Å². The van der Waals surface area contributed by atoms with E-state index in [9.17, 15) is 4.79 Å². The van der Waals surface area contributed by atoms with Crippen molar-refractivity contribution >= 4 is 11.7 Å². The van der Waals surface area contributed by atoms with Gasteiger partial charge in [-0.05, 0) is 19.3 Å². The van der Waals surface area contributed by atoms with Gasteiger partial charge in [-0.3, -0.25) is 10.2 Å². The minimum Gasteiger partial charge on any atom is -0.388 e. The molecule has 0 heterocycles. The standard InChI is InChI=1S/C9H18N4O/c10-7-2-1-6(5-7)9(14)13-4-3-8(11)12/h6-7H,1-5,10H2,(H3,11,12)(H,13,14)/t6-,7+/m0/s1. The first kappa shape index (κ1) is 11.0. The van der Waals surface area contributed by atoms with Crippen LogP contribution in [0.15, 0.2) is 0 Å². The van der Waals surface area contributed by atoms with Crippen LogP contribution < -0.4 is 16.8 Å². The molecule has 0 radical (unpaired) electrons. The maximum absolute atomic E-state index is 11.5. The highest BCUT2D eigenvalue weighted by atomic mass is 16.1. The Morgan fingerprint density at radius 2 is 2.21 bits per heavy atom. The first-order valence-corrected chi connectivity index (χ1v) is 4.95. The van der Waals surface area contributed by atoms with Crippen molar-refractivity contribution in [3.63, 3.8) is 0 Å². The molecule has 1 aliphatic carbocycles. The third-order valence-electron chi connectivity index (χ3n) is 2.54. The Morgan fingerprint density at radius 1 is 1.50 bits per heavy atom. The van der Waals surface area contributed by atoms with Crippen LogP contribution in [0.25, 0.3) is 0 Å².